The van der Waals surface area contributed by atoms with Crippen LogP contribution in [0.15, 0.2) is 23.2 Å². The molecule has 0 fully saturated rings. The molecule has 0 aliphatic heterocycles. The first-order chi connectivity index (χ1) is 11.1. The van der Waals surface area contributed by atoms with Crippen molar-refractivity contribution in [2.45, 2.75) is 32.2 Å². The molecule has 0 aliphatic rings. The van der Waals surface area contributed by atoms with Crippen LogP contribution in [0.25, 0.3) is 0 Å². The first-order valence-electron chi connectivity index (χ1n) is 7.73. The fraction of sp³-hybridized carbons (Fsp3) is 0.562. The second kappa shape index (κ2) is 11.5. The van der Waals surface area contributed by atoms with E-state index in [-0.39, 0.29) is 41.7 Å². The summed E-state index contributed by atoms with van der Waals surface area (Å²) in [5.74, 6) is 0.853. The molecule has 9 heteroatoms. The Kier molecular flexibility index (Phi) is 11.3. The van der Waals surface area contributed by atoms with Gasteiger partial charge in [-0.3, -0.25) is 4.99 Å². The topological polar surface area (TPSA) is 70.6 Å². The minimum Gasteiger partial charge on any atom is -0.356 e. The normalized spacial score (nSPS) is 14.4. The van der Waals surface area contributed by atoms with Gasteiger partial charge in [0.25, 0.3) is 0 Å². The summed E-state index contributed by atoms with van der Waals surface area (Å²) >= 11 is 12.5. The van der Waals surface area contributed by atoms with Crippen molar-refractivity contribution in [2.75, 3.05) is 25.6 Å². The van der Waals surface area contributed by atoms with Gasteiger partial charge in [-0.1, -0.05) is 36.2 Å². The van der Waals surface area contributed by atoms with E-state index in [0.29, 0.717) is 29.0 Å². The van der Waals surface area contributed by atoms with Gasteiger partial charge in [-0.05, 0) is 31.0 Å². The zero-order valence-electron chi connectivity index (χ0n) is 14.8. The summed E-state index contributed by atoms with van der Waals surface area (Å²) in [6.45, 7) is 4.55. The Morgan fingerprint density at radius 1 is 1.24 bits per heavy atom. The van der Waals surface area contributed by atoms with Gasteiger partial charge in [0, 0.05) is 41.9 Å². The summed E-state index contributed by atoms with van der Waals surface area (Å²) < 4.78 is 22.5. The van der Waals surface area contributed by atoms with Gasteiger partial charge in [0.2, 0.25) is 0 Å². The molecule has 0 heterocycles. The zero-order valence-corrected chi connectivity index (χ0v) is 19.5. The Bertz CT molecular complexity index is 664. The van der Waals surface area contributed by atoms with Crippen LogP contribution in [-0.4, -0.2) is 46.0 Å². The van der Waals surface area contributed by atoms with E-state index in [1.165, 1.54) is 6.26 Å². The van der Waals surface area contributed by atoms with Crippen molar-refractivity contribution in [3.8, 4) is 0 Å². The highest BCUT2D eigenvalue weighted by molar-refractivity contribution is 14.0. The quantitative estimate of drug-likeness (QED) is 0.326. The van der Waals surface area contributed by atoms with Gasteiger partial charge in [0.1, 0.15) is 9.84 Å². The van der Waals surface area contributed by atoms with Crippen molar-refractivity contribution in [2.24, 2.45) is 4.99 Å². The van der Waals surface area contributed by atoms with Gasteiger partial charge in [-0.2, -0.15) is 0 Å². The van der Waals surface area contributed by atoms with Crippen LogP contribution in [0.4, 0.5) is 0 Å². The average molecular weight is 522 g/mol. The molecule has 1 aromatic rings. The van der Waals surface area contributed by atoms with Crippen molar-refractivity contribution in [1.82, 2.24) is 10.6 Å². The monoisotopic (exact) mass is 521 g/mol. The van der Waals surface area contributed by atoms with Crippen molar-refractivity contribution in [3.05, 3.63) is 33.8 Å². The van der Waals surface area contributed by atoms with Crippen molar-refractivity contribution < 1.29 is 8.42 Å². The van der Waals surface area contributed by atoms with Gasteiger partial charge in [-0.15, -0.1) is 24.0 Å². The Labute approximate surface area is 177 Å². The lowest BCUT2D eigenvalue weighted by atomic mass is 10.0. The standard InChI is InChI=1S/C16H25Cl2N3O2S.HI/c1-11(15-13(17)6-5-7-14(15)18)10-20-16(19-3)21-12(2)8-9-24(4,22)23;/h5-7,11-12H,8-10H2,1-4H3,(H2,19,20,21);1H. The summed E-state index contributed by atoms with van der Waals surface area (Å²) in [5.41, 5.74) is 0.897. The van der Waals surface area contributed by atoms with Gasteiger partial charge >= 0.3 is 0 Å². The Hall–Kier alpha value is -0.250. The fourth-order valence-corrected chi connectivity index (χ4v) is 3.78. The van der Waals surface area contributed by atoms with Crippen LogP contribution in [0.5, 0.6) is 0 Å². The van der Waals surface area contributed by atoms with Gasteiger partial charge < -0.3 is 10.6 Å². The number of nitrogens with zero attached hydrogens (tertiary/aromatic N) is 1. The predicted octanol–water partition coefficient (Wildman–Crippen LogP) is 3.70. The van der Waals surface area contributed by atoms with Gasteiger partial charge in [0.15, 0.2) is 5.96 Å². The third-order valence-corrected chi connectivity index (χ3v) is 5.23. The van der Waals surface area contributed by atoms with Crippen LogP contribution < -0.4 is 10.6 Å². The number of halogens is 3. The first kappa shape index (κ1) is 24.8. The smallest absolute Gasteiger partial charge is 0.191 e. The molecular formula is C16H26Cl2IN3O2S. The molecule has 5 nitrogen and oxygen atoms in total. The Morgan fingerprint density at radius 2 is 1.80 bits per heavy atom. The molecule has 1 aromatic carbocycles. The third kappa shape index (κ3) is 9.30. The van der Waals surface area contributed by atoms with Crippen molar-refractivity contribution in [1.29, 1.82) is 0 Å². The van der Waals surface area contributed by atoms with Crippen LogP contribution in [0.3, 0.4) is 0 Å². The molecule has 0 aliphatic carbocycles. The number of rotatable bonds is 7. The maximum absolute atomic E-state index is 11.2. The molecule has 2 unspecified atom stereocenters. The van der Waals surface area contributed by atoms with Gasteiger partial charge in [0.05, 0.1) is 5.75 Å². The Balaban J connectivity index is 0.00000576. The number of sulfone groups is 1. The van der Waals surface area contributed by atoms with Crippen LogP contribution in [0.1, 0.15) is 31.7 Å². The number of guanidine groups is 1. The third-order valence-electron chi connectivity index (χ3n) is 3.60. The van der Waals surface area contributed by atoms with E-state index >= 15 is 0 Å². The summed E-state index contributed by atoms with van der Waals surface area (Å²) in [4.78, 5) is 4.16. The molecule has 0 saturated carbocycles. The van der Waals surface area contributed by atoms with E-state index in [2.05, 4.69) is 15.6 Å². The molecule has 0 radical (unpaired) electrons. The van der Waals surface area contributed by atoms with Crippen LogP contribution in [-0.2, 0) is 9.84 Å². The molecule has 0 spiro atoms. The second-order valence-electron chi connectivity index (χ2n) is 5.95. The average Bonchev–Trinajstić information content (AvgIpc) is 2.48. The number of aliphatic imine (C=N–C) groups is 1. The van der Waals surface area contributed by atoms with Gasteiger partial charge in [-0.25, -0.2) is 8.42 Å². The molecule has 2 atom stereocenters. The number of hydrogen-bond acceptors (Lipinski definition) is 3. The summed E-state index contributed by atoms with van der Waals surface area (Å²) in [5, 5.41) is 7.69. The van der Waals surface area contributed by atoms with Crippen molar-refractivity contribution in [3.63, 3.8) is 0 Å². The SMILES string of the molecule is CN=C(NCC(C)c1c(Cl)cccc1Cl)NC(C)CCS(C)(=O)=O.I. The molecular weight excluding hydrogens is 496 g/mol. The van der Waals surface area contributed by atoms with E-state index in [4.69, 9.17) is 23.2 Å². The highest BCUT2D eigenvalue weighted by atomic mass is 127. The molecule has 0 amide bonds. The van der Waals surface area contributed by atoms with E-state index in [1.54, 1.807) is 7.05 Å². The van der Waals surface area contributed by atoms with Crippen LogP contribution in [0.2, 0.25) is 10.0 Å². The van der Waals surface area contributed by atoms with Crippen molar-refractivity contribution >= 4 is 63.0 Å². The minimum absolute atomic E-state index is 0. The maximum Gasteiger partial charge on any atom is 0.191 e. The largest absolute Gasteiger partial charge is 0.356 e. The zero-order chi connectivity index (χ0) is 18.3. The maximum atomic E-state index is 11.2. The van der Waals surface area contributed by atoms with E-state index < -0.39 is 9.84 Å². The molecule has 144 valence electrons. The molecule has 2 N–H and O–H groups in total. The van der Waals surface area contributed by atoms with Crippen LogP contribution in [0, 0.1) is 0 Å². The highest BCUT2D eigenvalue weighted by Crippen LogP contribution is 2.30. The number of benzene rings is 1. The van der Waals surface area contributed by atoms with E-state index in [0.717, 1.165) is 5.56 Å². The molecule has 0 bridgehead atoms. The van der Waals surface area contributed by atoms with E-state index in [9.17, 15) is 8.42 Å². The highest BCUT2D eigenvalue weighted by Gasteiger charge is 2.15. The Morgan fingerprint density at radius 3 is 2.28 bits per heavy atom. The lowest BCUT2D eigenvalue weighted by Gasteiger charge is -2.21. The lowest BCUT2D eigenvalue weighted by molar-refractivity contribution is 0.579. The minimum atomic E-state index is -2.96. The van der Waals surface area contributed by atoms with Crippen LogP contribution >= 0.6 is 47.2 Å². The predicted molar refractivity (Wildman–Crippen MR) is 119 cm³/mol. The summed E-state index contributed by atoms with van der Waals surface area (Å²) in [7, 11) is -1.29. The molecule has 0 saturated heterocycles. The van der Waals surface area contributed by atoms with E-state index in [1.807, 2.05) is 32.0 Å². The number of nitrogens with one attached hydrogen (secondary N) is 2. The summed E-state index contributed by atoms with van der Waals surface area (Å²) in [6.07, 6.45) is 1.76. The molecule has 1 rings (SSSR count). The first-order valence-corrected chi connectivity index (χ1v) is 10.5. The molecule has 0 aromatic heterocycles. The molecule has 25 heavy (non-hydrogen) atoms. The second-order valence-corrected chi connectivity index (χ2v) is 9.03. The number of hydrogen-bond donors (Lipinski definition) is 2. The lowest BCUT2D eigenvalue weighted by Crippen LogP contribution is -2.43. The summed E-state index contributed by atoms with van der Waals surface area (Å²) in [6, 6.07) is 5.45. The fourth-order valence-electron chi connectivity index (χ4n) is 2.22.